The summed E-state index contributed by atoms with van der Waals surface area (Å²) < 4.78 is 5.61. The molecule has 3 heterocycles. The SMILES string of the molecule is CC(C)(C)OC(=O)N1CCC2CC1C1(N2)SC(NC2CCCCCC2)=NC1=O. The van der Waals surface area contributed by atoms with Gasteiger partial charge in [0.05, 0.1) is 6.04 Å². The van der Waals surface area contributed by atoms with Crippen LogP contribution in [0.4, 0.5) is 4.79 Å². The summed E-state index contributed by atoms with van der Waals surface area (Å²) >= 11 is 1.47. The van der Waals surface area contributed by atoms with Crippen molar-refractivity contribution in [1.82, 2.24) is 15.5 Å². The molecule has 2 bridgehead atoms. The molecule has 0 aromatic heterocycles. The Balaban J connectivity index is 1.48. The van der Waals surface area contributed by atoms with Crippen molar-refractivity contribution < 1.29 is 14.3 Å². The van der Waals surface area contributed by atoms with Gasteiger partial charge in [0.1, 0.15) is 5.60 Å². The van der Waals surface area contributed by atoms with Crippen LogP contribution >= 0.6 is 11.8 Å². The molecule has 2 saturated heterocycles. The molecule has 1 aliphatic carbocycles. The number of aliphatic imine (C=N–C) groups is 1. The molecule has 7 nitrogen and oxygen atoms in total. The minimum absolute atomic E-state index is 0.170. The fraction of sp³-hybridized carbons (Fsp3) is 0.850. The standard InChI is InChI=1S/C20H32N4O3S/c1-19(2,3)27-18(26)24-11-10-14-12-15(24)20(23-14)16(25)22-17(28-20)21-13-8-6-4-5-7-9-13/h13-15,23H,4-12H2,1-3H3,(H,21,22,25). The molecule has 1 saturated carbocycles. The maximum Gasteiger partial charge on any atom is 0.410 e. The molecule has 0 aromatic rings. The lowest BCUT2D eigenvalue weighted by Gasteiger charge is -2.38. The molecule has 3 aliphatic heterocycles. The lowest BCUT2D eigenvalue weighted by Crippen LogP contribution is -2.57. The Morgan fingerprint density at radius 1 is 1.25 bits per heavy atom. The van der Waals surface area contributed by atoms with Gasteiger partial charge in [-0.05, 0) is 46.5 Å². The maximum atomic E-state index is 13.0. The van der Waals surface area contributed by atoms with Gasteiger partial charge in [0.2, 0.25) is 0 Å². The zero-order valence-electron chi connectivity index (χ0n) is 17.1. The van der Waals surface area contributed by atoms with Crippen LogP contribution in [0.5, 0.6) is 0 Å². The minimum Gasteiger partial charge on any atom is -0.444 e. The van der Waals surface area contributed by atoms with Crippen LogP contribution in [0.25, 0.3) is 0 Å². The van der Waals surface area contributed by atoms with Crippen LogP contribution in [0.1, 0.15) is 72.1 Å². The van der Waals surface area contributed by atoms with Crippen molar-refractivity contribution in [2.45, 2.75) is 101 Å². The first-order valence-electron chi connectivity index (χ1n) is 10.6. The van der Waals surface area contributed by atoms with E-state index in [9.17, 15) is 9.59 Å². The Kier molecular flexibility index (Phi) is 5.37. The third-order valence-corrected chi connectivity index (χ3v) is 7.37. The smallest absolute Gasteiger partial charge is 0.410 e. The minimum atomic E-state index is -0.870. The Morgan fingerprint density at radius 3 is 2.64 bits per heavy atom. The molecule has 0 aromatic carbocycles. The second-order valence-electron chi connectivity index (χ2n) is 9.45. The number of hydrogen-bond donors (Lipinski definition) is 2. The van der Waals surface area contributed by atoms with Gasteiger partial charge in [0.15, 0.2) is 10.0 Å². The van der Waals surface area contributed by atoms with Crippen LogP contribution < -0.4 is 10.6 Å². The van der Waals surface area contributed by atoms with E-state index < -0.39 is 10.5 Å². The summed E-state index contributed by atoms with van der Waals surface area (Å²) in [5, 5.41) is 7.74. The largest absolute Gasteiger partial charge is 0.444 e. The second-order valence-corrected chi connectivity index (χ2v) is 10.7. The highest BCUT2D eigenvalue weighted by atomic mass is 32.2. The van der Waals surface area contributed by atoms with Crippen molar-refractivity contribution in [2.75, 3.05) is 6.54 Å². The molecule has 2 amide bonds. The van der Waals surface area contributed by atoms with Crippen LogP contribution in [-0.4, -0.2) is 57.2 Å². The number of thioether (sulfide) groups is 1. The van der Waals surface area contributed by atoms with Gasteiger partial charge in [-0.2, -0.15) is 4.99 Å². The molecule has 28 heavy (non-hydrogen) atoms. The first kappa shape index (κ1) is 20.0. The molecule has 1 spiro atoms. The predicted octanol–water partition coefficient (Wildman–Crippen LogP) is 3.00. The number of ether oxygens (including phenoxy) is 1. The fourth-order valence-corrected chi connectivity index (χ4v) is 6.15. The second kappa shape index (κ2) is 7.52. The number of amides is 2. The molecule has 4 aliphatic rings. The first-order valence-corrected chi connectivity index (χ1v) is 11.4. The average molecular weight is 409 g/mol. The van der Waals surface area contributed by atoms with E-state index in [4.69, 9.17) is 4.74 Å². The molecule has 3 fully saturated rings. The predicted molar refractivity (Wildman–Crippen MR) is 110 cm³/mol. The highest BCUT2D eigenvalue weighted by Crippen LogP contribution is 2.46. The maximum absolute atomic E-state index is 13.0. The molecular weight excluding hydrogens is 376 g/mol. The topological polar surface area (TPSA) is 83.0 Å². The van der Waals surface area contributed by atoms with E-state index in [2.05, 4.69) is 15.6 Å². The van der Waals surface area contributed by atoms with Crippen molar-refractivity contribution >= 4 is 28.9 Å². The van der Waals surface area contributed by atoms with Gasteiger partial charge in [-0.3, -0.25) is 10.1 Å². The Hall–Kier alpha value is -1.28. The lowest BCUT2D eigenvalue weighted by atomic mass is 9.99. The van der Waals surface area contributed by atoms with E-state index in [1.807, 2.05) is 20.8 Å². The summed E-state index contributed by atoms with van der Waals surface area (Å²) in [6.45, 7) is 6.22. The summed E-state index contributed by atoms with van der Waals surface area (Å²) in [6, 6.07) is 0.405. The van der Waals surface area contributed by atoms with Gasteiger partial charge < -0.3 is 15.0 Å². The third-order valence-electron chi connectivity index (χ3n) is 6.08. The summed E-state index contributed by atoms with van der Waals surface area (Å²) in [5.41, 5.74) is -0.553. The molecule has 0 radical (unpaired) electrons. The molecule has 2 N–H and O–H groups in total. The zero-order valence-corrected chi connectivity index (χ0v) is 17.9. The fourth-order valence-electron chi connectivity index (χ4n) is 4.78. The Labute approximate surface area is 171 Å². The van der Waals surface area contributed by atoms with Crippen molar-refractivity contribution in [3.05, 3.63) is 0 Å². The van der Waals surface area contributed by atoms with Crippen molar-refractivity contribution in [2.24, 2.45) is 4.99 Å². The average Bonchev–Trinajstić information content (AvgIpc) is 2.92. The van der Waals surface area contributed by atoms with E-state index in [0.29, 0.717) is 17.8 Å². The number of fused-ring (bicyclic) bond motifs is 3. The number of rotatable bonds is 1. The monoisotopic (exact) mass is 408 g/mol. The summed E-state index contributed by atoms with van der Waals surface area (Å²) in [6.07, 6.45) is 8.55. The number of piperidine rings is 1. The number of hydrogen-bond acceptors (Lipinski definition) is 6. The highest BCUT2D eigenvalue weighted by molar-refractivity contribution is 8.16. The van der Waals surface area contributed by atoms with E-state index in [0.717, 1.165) is 25.7 Å². The van der Waals surface area contributed by atoms with Gasteiger partial charge in [-0.1, -0.05) is 37.4 Å². The third kappa shape index (κ3) is 3.90. The summed E-state index contributed by atoms with van der Waals surface area (Å²) in [7, 11) is 0. The van der Waals surface area contributed by atoms with Crippen molar-refractivity contribution in [1.29, 1.82) is 0 Å². The van der Waals surface area contributed by atoms with Crippen LogP contribution in [0.2, 0.25) is 0 Å². The summed E-state index contributed by atoms with van der Waals surface area (Å²) in [5.74, 6) is -0.170. The molecular formula is C20H32N4O3S. The number of likely N-dealkylation sites (tertiary alicyclic amines) is 1. The number of carbonyl (C=O) groups excluding carboxylic acids is 2. The van der Waals surface area contributed by atoms with Gasteiger partial charge in [0, 0.05) is 18.6 Å². The van der Waals surface area contributed by atoms with E-state index in [1.165, 1.54) is 37.4 Å². The van der Waals surface area contributed by atoms with Gasteiger partial charge >= 0.3 is 6.09 Å². The van der Waals surface area contributed by atoms with E-state index >= 15 is 0 Å². The number of amidine groups is 1. The molecule has 3 atom stereocenters. The van der Waals surface area contributed by atoms with Crippen LogP contribution in [-0.2, 0) is 9.53 Å². The quantitative estimate of drug-likeness (QED) is 0.649. The lowest BCUT2D eigenvalue weighted by molar-refractivity contribution is -0.121. The van der Waals surface area contributed by atoms with E-state index in [1.54, 1.807) is 4.90 Å². The number of nitrogens with one attached hydrogen (secondary N) is 2. The molecule has 4 rings (SSSR count). The highest BCUT2D eigenvalue weighted by Gasteiger charge is 2.61. The van der Waals surface area contributed by atoms with Crippen LogP contribution in [0.3, 0.4) is 0 Å². The Bertz CT molecular complexity index is 669. The summed E-state index contributed by atoms with van der Waals surface area (Å²) in [4.78, 5) is 31.1. The van der Waals surface area contributed by atoms with Crippen LogP contribution in [0.15, 0.2) is 4.99 Å². The van der Waals surface area contributed by atoms with Crippen molar-refractivity contribution in [3.8, 4) is 0 Å². The van der Waals surface area contributed by atoms with Gasteiger partial charge in [-0.15, -0.1) is 0 Å². The molecule has 156 valence electrons. The number of nitrogens with zero attached hydrogens (tertiary/aromatic N) is 2. The van der Waals surface area contributed by atoms with E-state index in [-0.39, 0.29) is 24.1 Å². The first-order chi connectivity index (χ1) is 13.3. The Morgan fingerprint density at radius 2 is 1.96 bits per heavy atom. The van der Waals surface area contributed by atoms with Gasteiger partial charge in [0.25, 0.3) is 5.91 Å². The normalized spacial score (nSPS) is 33.8. The van der Waals surface area contributed by atoms with Crippen LogP contribution in [0, 0.1) is 0 Å². The molecule has 8 heteroatoms. The zero-order chi connectivity index (χ0) is 19.9. The molecule has 3 unspecified atom stereocenters. The van der Waals surface area contributed by atoms with Gasteiger partial charge in [-0.25, -0.2) is 4.79 Å². The number of carbonyl (C=O) groups is 2. The van der Waals surface area contributed by atoms with Crippen molar-refractivity contribution in [3.63, 3.8) is 0 Å².